The van der Waals surface area contributed by atoms with E-state index in [0.717, 1.165) is 0 Å². The molecule has 0 heterocycles. The van der Waals surface area contributed by atoms with Crippen molar-refractivity contribution in [3.8, 4) is 0 Å². The van der Waals surface area contributed by atoms with Crippen molar-refractivity contribution in [2.24, 2.45) is 5.73 Å². The second-order valence-corrected chi connectivity index (χ2v) is 6.47. The first-order valence-electron chi connectivity index (χ1n) is 6.05. The van der Waals surface area contributed by atoms with Crippen LogP contribution < -0.4 is 5.73 Å². The molecule has 0 radical (unpaired) electrons. The van der Waals surface area contributed by atoms with Crippen LogP contribution >= 0.6 is 15.9 Å². The highest BCUT2D eigenvalue weighted by Gasteiger charge is 2.41. The maximum Gasteiger partial charge on any atom is 0.331 e. The Morgan fingerprint density at radius 1 is 1.35 bits per heavy atom. The summed E-state index contributed by atoms with van der Waals surface area (Å²) in [6, 6.07) is 6.68. The van der Waals surface area contributed by atoms with E-state index in [1.807, 2.05) is 0 Å². The molecule has 1 rings (SSSR count). The third kappa shape index (κ3) is 4.31. The number of halogens is 1. The van der Waals surface area contributed by atoms with Crippen LogP contribution in [0.2, 0.25) is 0 Å². The van der Waals surface area contributed by atoms with Crippen molar-refractivity contribution >= 4 is 27.9 Å². The molecule has 0 aliphatic heterocycles. The number of carbonyl (C=O) groups excluding carboxylic acids is 1. The molecule has 6 heteroatoms. The molecule has 3 N–H and O–H groups in total. The number of aliphatic carboxylic acids is 1. The van der Waals surface area contributed by atoms with Crippen LogP contribution in [0.25, 0.3) is 0 Å². The molecule has 1 aromatic rings. The summed E-state index contributed by atoms with van der Waals surface area (Å²) in [5.41, 5.74) is 3.99. The summed E-state index contributed by atoms with van der Waals surface area (Å²) in [6.45, 7) is 5.10. The monoisotopic (exact) mass is 343 g/mol. The van der Waals surface area contributed by atoms with E-state index in [1.165, 1.54) is 0 Å². The average Bonchev–Trinajstić information content (AvgIpc) is 2.25. The van der Waals surface area contributed by atoms with E-state index in [-0.39, 0.29) is 0 Å². The molecule has 0 saturated carbocycles. The van der Waals surface area contributed by atoms with Gasteiger partial charge in [-0.05, 0) is 38.5 Å². The van der Waals surface area contributed by atoms with E-state index < -0.39 is 29.5 Å². The van der Waals surface area contributed by atoms with Crippen LogP contribution in [0.4, 0.5) is 0 Å². The molecule has 5 nitrogen and oxygen atoms in total. The number of hydrogen-bond acceptors (Lipinski definition) is 4. The lowest BCUT2D eigenvalue weighted by Crippen LogP contribution is -2.49. The Hall–Kier alpha value is -1.40. The third-order valence-corrected chi connectivity index (χ3v) is 3.03. The number of ether oxygens (including phenoxy) is 1. The number of benzene rings is 1. The fourth-order valence-electron chi connectivity index (χ4n) is 1.67. The highest BCUT2D eigenvalue weighted by molar-refractivity contribution is 9.10. The van der Waals surface area contributed by atoms with Crippen LogP contribution in [0.5, 0.6) is 0 Å². The highest BCUT2D eigenvalue weighted by atomic mass is 79.9. The van der Waals surface area contributed by atoms with Gasteiger partial charge in [-0.1, -0.05) is 28.1 Å². The van der Waals surface area contributed by atoms with Gasteiger partial charge in [0.15, 0.2) is 5.54 Å². The molecule has 0 saturated heterocycles. The molecule has 110 valence electrons. The Balaban J connectivity index is 3.22. The van der Waals surface area contributed by atoms with Crippen molar-refractivity contribution in [2.45, 2.75) is 38.3 Å². The lowest BCUT2D eigenvalue weighted by atomic mass is 9.87. The van der Waals surface area contributed by atoms with Crippen LogP contribution in [-0.4, -0.2) is 22.6 Å². The van der Waals surface area contributed by atoms with Gasteiger partial charge in [0.25, 0.3) is 0 Å². The molecule has 0 fully saturated rings. The van der Waals surface area contributed by atoms with E-state index in [2.05, 4.69) is 15.9 Å². The normalized spacial score (nSPS) is 14.4. The molecule has 0 spiro atoms. The second-order valence-electron chi connectivity index (χ2n) is 5.55. The molecule has 0 aliphatic carbocycles. The summed E-state index contributed by atoms with van der Waals surface area (Å²) in [5.74, 6) is -1.93. The van der Waals surface area contributed by atoms with E-state index in [4.69, 9.17) is 15.6 Å². The van der Waals surface area contributed by atoms with Crippen LogP contribution in [0, 0.1) is 0 Å². The topological polar surface area (TPSA) is 89.6 Å². The maximum absolute atomic E-state index is 12.3. The first-order chi connectivity index (χ1) is 9.04. The zero-order chi connectivity index (χ0) is 15.6. The Morgan fingerprint density at radius 2 is 1.95 bits per heavy atom. The Morgan fingerprint density at radius 3 is 2.40 bits per heavy atom. The molecule has 20 heavy (non-hydrogen) atoms. The minimum atomic E-state index is -1.72. The minimum absolute atomic E-state index is 0.392. The fraction of sp³-hybridized carbons (Fsp3) is 0.429. The van der Waals surface area contributed by atoms with Gasteiger partial charge in [0.1, 0.15) is 5.60 Å². The standard InChI is InChI=1S/C14H18BrNO4/c1-13(2,3)20-12(19)14(16,8-11(17)18)9-5-4-6-10(15)7-9/h4-7H,8,16H2,1-3H3,(H,17,18)/t14-/m1/s1. The summed E-state index contributed by atoms with van der Waals surface area (Å²) in [6.07, 6.45) is -0.543. The molecule has 0 aliphatic rings. The third-order valence-electron chi connectivity index (χ3n) is 2.53. The number of carboxylic acids is 1. The van der Waals surface area contributed by atoms with E-state index in [0.29, 0.717) is 10.0 Å². The number of esters is 1. The van der Waals surface area contributed by atoms with E-state index in [9.17, 15) is 9.59 Å². The molecule has 0 amide bonds. The van der Waals surface area contributed by atoms with Crippen molar-refractivity contribution in [3.63, 3.8) is 0 Å². The van der Waals surface area contributed by atoms with Gasteiger partial charge >= 0.3 is 11.9 Å². The van der Waals surface area contributed by atoms with Gasteiger partial charge in [0.2, 0.25) is 0 Å². The summed E-state index contributed by atoms with van der Waals surface area (Å²) < 4.78 is 5.96. The number of nitrogens with two attached hydrogens (primary N) is 1. The Labute approximate surface area is 126 Å². The number of carboxylic acid groups (broad SMARTS) is 1. The summed E-state index contributed by atoms with van der Waals surface area (Å²) in [4.78, 5) is 23.3. The van der Waals surface area contributed by atoms with Gasteiger partial charge in [0.05, 0.1) is 6.42 Å². The lowest BCUT2D eigenvalue weighted by Gasteiger charge is -2.30. The summed E-state index contributed by atoms with van der Waals surface area (Å²) >= 11 is 3.28. The smallest absolute Gasteiger partial charge is 0.331 e. The largest absolute Gasteiger partial charge is 0.481 e. The molecular weight excluding hydrogens is 326 g/mol. The van der Waals surface area contributed by atoms with Gasteiger partial charge in [-0.2, -0.15) is 0 Å². The zero-order valence-electron chi connectivity index (χ0n) is 11.6. The van der Waals surface area contributed by atoms with Crippen LogP contribution in [-0.2, 0) is 19.9 Å². The van der Waals surface area contributed by atoms with E-state index in [1.54, 1.807) is 45.0 Å². The highest BCUT2D eigenvalue weighted by Crippen LogP contribution is 2.28. The second kappa shape index (κ2) is 5.93. The molecule has 1 atom stereocenters. The molecule has 0 unspecified atom stereocenters. The summed E-state index contributed by atoms with van der Waals surface area (Å²) in [7, 11) is 0. The Bertz CT molecular complexity index is 524. The first-order valence-corrected chi connectivity index (χ1v) is 6.84. The van der Waals surface area contributed by atoms with Gasteiger partial charge in [-0.3, -0.25) is 4.79 Å². The zero-order valence-corrected chi connectivity index (χ0v) is 13.2. The average molecular weight is 344 g/mol. The van der Waals surface area contributed by atoms with Gasteiger partial charge < -0.3 is 15.6 Å². The van der Waals surface area contributed by atoms with Gasteiger partial charge in [0, 0.05) is 4.47 Å². The summed E-state index contributed by atoms with van der Waals surface area (Å²) in [5, 5.41) is 9.03. The van der Waals surface area contributed by atoms with Gasteiger partial charge in [-0.25, -0.2) is 4.79 Å². The maximum atomic E-state index is 12.3. The van der Waals surface area contributed by atoms with Crippen molar-refractivity contribution in [2.75, 3.05) is 0 Å². The van der Waals surface area contributed by atoms with E-state index >= 15 is 0 Å². The number of carbonyl (C=O) groups is 2. The van der Waals surface area contributed by atoms with Crippen LogP contribution in [0.1, 0.15) is 32.8 Å². The molecular formula is C14H18BrNO4. The Kier molecular flexibility index (Phi) is 4.94. The molecule has 0 bridgehead atoms. The first kappa shape index (κ1) is 16.7. The predicted octanol–water partition coefficient (Wildman–Crippen LogP) is 2.42. The molecule has 0 aromatic heterocycles. The van der Waals surface area contributed by atoms with Crippen molar-refractivity contribution in [1.29, 1.82) is 0 Å². The quantitative estimate of drug-likeness (QED) is 0.819. The van der Waals surface area contributed by atoms with Crippen LogP contribution in [0.15, 0.2) is 28.7 Å². The SMILES string of the molecule is CC(C)(C)OC(=O)[C@@](N)(CC(=O)O)c1cccc(Br)c1. The van der Waals surface area contributed by atoms with Crippen LogP contribution in [0.3, 0.4) is 0 Å². The number of rotatable bonds is 4. The lowest BCUT2D eigenvalue weighted by molar-refractivity contribution is -0.165. The fourth-order valence-corrected chi connectivity index (χ4v) is 2.06. The van der Waals surface area contributed by atoms with Gasteiger partial charge in [-0.15, -0.1) is 0 Å². The number of hydrogen-bond donors (Lipinski definition) is 2. The predicted molar refractivity (Wildman–Crippen MR) is 78.1 cm³/mol. The molecule has 1 aromatic carbocycles. The minimum Gasteiger partial charge on any atom is -0.481 e. The van der Waals surface area contributed by atoms with Crippen molar-refractivity contribution in [1.82, 2.24) is 0 Å². The van der Waals surface area contributed by atoms with Crippen molar-refractivity contribution in [3.05, 3.63) is 34.3 Å². The van der Waals surface area contributed by atoms with Crippen molar-refractivity contribution < 1.29 is 19.4 Å².